The van der Waals surface area contributed by atoms with Gasteiger partial charge in [0.05, 0.1) is 6.10 Å². The molecule has 2 unspecified atom stereocenters. The fourth-order valence-corrected chi connectivity index (χ4v) is 2.02. The maximum Gasteiger partial charge on any atom is 0.105 e. The van der Waals surface area contributed by atoms with Gasteiger partial charge < -0.3 is 9.84 Å². The number of aliphatic hydroxyl groups is 1. The van der Waals surface area contributed by atoms with Gasteiger partial charge in [0, 0.05) is 6.61 Å². The maximum atomic E-state index is 10.3. The lowest BCUT2D eigenvalue weighted by Crippen LogP contribution is -2.22. The summed E-state index contributed by atoms with van der Waals surface area (Å²) in [6.07, 6.45) is 2.46. The van der Waals surface area contributed by atoms with Crippen LogP contribution in [0.4, 0.5) is 0 Å². The number of benzene rings is 1. The van der Waals surface area contributed by atoms with Crippen molar-refractivity contribution in [3.63, 3.8) is 0 Å². The second-order valence-corrected chi connectivity index (χ2v) is 5.21. The molecular formula is C16H26O2. The molecule has 1 N–H and O–H groups in total. The average Bonchev–Trinajstić information content (AvgIpc) is 2.39. The summed E-state index contributed by atoms with van der Waals surface area (Å²) in [6, 6.07) is 9.75. The Kier molecular flexibility index (Phi) is 6.99. The van der Waals surface area contributed by atoms with E-state index in [1.54, 1.807) is 0 Å². The SMILES string of the molecule is CCC(OCCCC(C)C)C(O)c1ccccc1. The number of aliphatic hydroxyl groups excluding tert-OH is 1. The van der Waals surface area contributed by atoms with Crippen LogP contribution in [0.2, 0.25) is 0 Å². The second kappa shape index (κ2) is 8.28. The van der Waals surface area contributed by atoms with Gasteiger partial charge in [-0.3, -0.25) is 0 Å². The highest BCUT2D eigenvalue weighted by Crippen LogP contribution is 2.21. The lowest BCUT2D eigenvalue weighted by molar-refractivity contribution is -0.0421. The number of hydrogen-bond acceptors (Lipinski definition) is 2. The molecule has 0 aliphatic rings. The minimum absolute atomic E-state index is 0.0976. The van der Waals surface area contributed by atoms with Gasteiger partial charge in [-0.25, -0.2) is 0 Å². The molecule has 0 amide bonds. The first-order valence-electron chi connectivity index (χ1n) is 6.99. The van der Waals surface area contributed by atoms with Crippen molar-refractivity contribution in [1.29, 1.82) is 0 Å². The van der Waals surface area contributed by atoms with Crippen molar-refractivity contribution in [2.24, 2.45) is 5.92 Å². The molecule has 2 atom stereocenters. The monoisotopic (exact) mass is 250 g/mol. The quantitative estimate of drug-likeness (QED) is 0.708. The minimum Gasteiger partial charge on any atom is -0.386 e. The van der Waals surface area contributed by atoms with Crippen LogP contribution >= 0.6 is 0 Å². The zero-order valence-corrected chi connectivity index (χ0v) is 11.8. The zero-order valence-electron chi connectivity index (χ0n) is 11.8. The van der Waals surface area contributed by atoms with Gasteiger partial charge in [0.15, 0.2) is 0 Å². The minimum atomic E-state index is -0.518. The maximum absolute atomic E-state index is 10.3. The summed E-state index contributed by atoms with van der Waals surface area (Å²) in [5.41, 5.74) is 0.938. The molecule has 1 aromatic carbocycles. The molecule has 0 spiro atoms. The van der Waals surface area contributed by atoms with Gasteiger partial charge in [0.2, 0.25) is 0 Å². The Labute approximate surface area is 111 Å². The van der Waals surface area contributed by atoms with Crippen molar-refractivity contribution in [2.45, 2.75) is 52.2 Å². The Balaban J connectivity index is 2.41. The summed E-state index contributed by atoms with van der Waals surface area (Å²) < 4.78 is 5.81. The molecule has 0 bridgehead atoms. The Hall–Kier alpha value is -0.860. The van der Waals surface area contributed by atoms with Crippen LogP contribution in [0.3, 0.4) is 0 Å². The number of rotatable bonds is 8. The molecule has 0 saturated carbocycles. The number of ether oxygens (including phenoxy) is 1. The van der Waals surface area contributed by atoms with Crippen LogP contribution in [0, 0.1) is 5.92 Å². The molecule has 2 heteroatoms. The van der Waals surface area contributed by atoms with Crippen LogP contribution < -0.4 is 0 Å². The van der Waals surface area contributed by atoms with Gasteiger partial charge in [0.25, 0.3) is 0 Å². The summed E-state index contributed by atoms with van der Waals surface area (Å²) in [5, 5.41) is 10.3. The smallest absolute Gasteiger partial charge is 0.105 e. The van der Waals surface area contributed by atoms with Gasteiger partial charge in [-0.05, 0) is 30.7 Å². The molecule has 1 rings (SSSR count). The summed E-state index contributed by atoms with van der Waals surface area (Å²) in [5.74, 6) is 0.715. The predicted octanol–water partition coefficient (Wildman–Crippen LogP) is 3.95. The van der Waals surface area contributed by atoms with Crippen molar-refractivity contribution in [1.82, 2.24) is 0 Å². The van der Waals surface area contributed by atoms with Crippen LogP contribution in [0.25, 0.3) is 0 Å². The molecule has 0 aliphatic heterocycles. The van der Waals surface area contributed by atoms with E-state index in [1.807, 2.05) is 30.3 Å². The van der Waals surface area contributed by atoms with E-state index in [0.717, 1.165) is 25.0 Å². The summed E-state index contributed by atoms with van der Waals surface area (Å²) in [7, 11) is 0. The van der Waals surface area contributed by atoms with E-state index in [9.17, 15) is 5.11 Å². The normalized spacial score (nSPS) is 14.7. The largest absolute Gasteiger partial charge is 0.386 e. The number of hydrogen-bond donors (Lipinski definition) is 1. The molecule has 0 fully saturated rings. The highest BCUT2D eigenvalue weighted by molar-refractivity contribution is 5.18. The lowest BCUT2D eigenvalue weighted by atomic mass is 10.0. The van der Waals surface area contributed by atoms with E-state index in [-0.39, 0.29) is 6.10 Å². The van der Waals surface area contributed by atoms with E-state index in [2.05, 4.69) is 20.8 Å². The second-order valence-electron chi connectivity index (χ2n) is 5.21. The predicted molar refractivity (Wildman–Crippen MR) is 75.5 cm³/mol. The Morgan fingerprint density at radius 3 is 2.39 bits per heavy atom. The Morgan fingerprint density at radius 2 is 1.83 bits per heavy atom. The van der Waals surface area contributed by atoms with Crippen molar-refractivity contribution in [2.75, 3.05) is 6.61 Å². The molecular weight excluding hydrogens is 224 g/mol. The molecule has 102 valence electrons. The fraction of sp³-hybridized carbons (Fsp3) is 0.625. The first-order chi connectivity index (χ1) is 8.65. The van der Waals surface area contributed by atoms with E-state index < -0.39 is 6.10 Å². The van der Waals surface area contributed by atoms with Gasteiger partial charge in [0.1, 0.15) is 6.10 Å². The Bertz CT molecular complexity index is 308. The van der Waals surface area contributed by atoms with Crippen LogP contribution in [0.5, 0.6) is 0 Å². The molecule has 2 nitrogen and oxygen atoms in total. The van der Waals surface area contributed by atoms with E-state index in [0.29, 0.717) is 5.92 Å². The molecule has 0 radical (unpaired) electrons. The van der Waals surface area contributed by atoms with Crippen LogP contribution in [0.1, 0.15) is 51.7 Å². The highest BCUT2D eigenvalue weighted by Gasteiger charge is 2.19. The summed E-state index contributed by atoms with van der Waals surface area (Å²) >= 11 is 0. The third kappa shape index (κ3) is 5.19. The molecule has 0 heterocycles. The van der Waals surface area contributed by atoms with Gasteiger partial charge >= 0.3 is 0 Å². The third-order valence-corrected chi connectivity index (χ3v) is 3.15. The first-order valence-corrected chi connectivity index (χ1v) is 6.99. The lowest BCUT2D eigenvalue weighted by Gasteiger charge is -2.22. The van der Waals surface area contributed by atoms with Crippen LogP contribution in [-0.4, -0.2) is 17.8 Å². The van der Waals surface area contributed by atoms with E-state index >= 15 is 0 Å². The third-order valence-electron chi connectivity index (χ3n) is 3.15. The van der Waals surface area contributed by atoms with Crippen molar-refractivity contribution in [3.05, 3.63) is 35.9 Å². The van der Waals surface area contributed by atoms with E-state index in [1.165, 1.54) is 6.42 Å². The standard InChI is InChI=1S/C16H26O2/c1-4-15(18-12-8-9-13(2)3)16(17)14-10-6-5-7-11-14/h5-7,10-11,13,15-17H,4,8-9,12H2,1-3H3. The Morgan fingerprint density at radius 1 is 1.17 bits per heavy atom. The van der Waals surface area contributed by atoms with Crippen LogP contribution in [0.15, 0.2) is 30.3 Å². The summed E-state index contributed by atoms with van der Waals surface area (Å²) in [4.78, 5) is 0. The zero-order chi connectivity index (χ0) is 13.4. The first kappa shape index (κ1) is 15.2. The fourth-order valence-electron chi connectivity index (χ4n) is 2.02. The molecule has 0 saturated heterocycles. The van der Waals surface area contributed by atoms with Gasteiger partial charge in [-0.1, -0.05) is 51.1 Å². The molecule has 0 aromatic heterocycles. The highest BCUT2D eigenvalue weighted by atomic mass is 16.5. The molecule has 1 aromatic rings. The van der Waals surface area contributed by atoms with Crippen LogP contribution in [-0.2, 0) is 4.74 Å². The van der Waals surface area contributed by atoms with Gasteiger partial charge in [-0.15, -0.1) is 0 Å². The summed E-state index contributed by atoms with van der Waals surface area (Å²) in [6.45, 7) is 7.23. The topological polar surface area (TPSA) is 29.5 Å². The van der Waals surface area contributed by atoms with Crippen molar-refractivity contribution < 1.29 is 9.84 Å². The van der Waals surface area contributed by atoms with E-state index in [4.69, 9.17) is 4.74 Å². The van der Waals surface area contributed by atoms with Crippen molar-refractivity contribution in [3.8, 4) is 0 Å². The molecule has 18 heavy (non-hydrogen) atoms. The molecule has 0 aliphatic carbocycles. The van der Waals surface area contributed by atoms with Crippen molar-refractivity contribution >= 4 is 0 Å². The van der Waals surface area contributed by atoms with Gasteiger partial charge in [-0.2, -0.15) is 0 Å². The average molecular weight is 250 g/mol.